The Morgan fingerprint density at radius 2 is 2.11 bits per heavy atom. The lowest BCUT2D eigenvalue weighted by atomic mass is 10.0. The number of carbonyl (C=O) groups is 1. The maximum atomic E-state index is 12.7. The molecule has 6 nitrogen and oxygen atoms in total. The Morgan fingerprint density at radius 3 is 2.93 bits per heavy atom. The highest BCUT2D eigenvalue weighted by molar-refractivity contribution is 5.78. The van der Waals surface area contributed by atoms with Crippen molar-refractivity contribution in [3.8, 4) is 0 Å². The largest absolute Gasteiger partial charge is 0.469 e. The minimum atomic E-state index is 0.116. The summed E-state index contributed by atoms with van der Waals surface area (Å²) in [6.45, 7) is 4.63. The molecular formula is C21H28N2O4. The van der Waals surface area contributed by atoms with Crippen molar-refractivity contribution in [2.75, 3.05) is 33.0 Å². The van der Waals surface area contributed by atoms with E-state index in [1.807, 2.05) is 17.0 Å². The van der Waals surface area contributed by atoms with Crippen molar-refractivity contribution in [2.45, 2.75) is 38.3 Å². The quantitative estimate of drug-likeness (QED) is 0.701. The molecule has 6 heteroatoms. The van der Waals surface area contributed by atoms with Gasteiger partial charge in [-0.05, 0) is 49.4 Å². The summed E-state index contributed by atoms with van der Waals surface area (Å²) in [7, 11) is 0. The lowest BCUT2D eigenvalue weighted by molar-refractivity contribution is -0.132. The van der Waals surface area contributed by atoms with Crippen LogP contribution in [0.4, 0.5) is 0 Å². The highest BCUT2D eigenvalue weighted by Gasteiger charge is 2.27. The molecule has 0 saturated carbocycles. The van der Waals surface area contributed by atoms with Crippen molar-refractivity contribution in [1.29, 1.82) is 0 Å². The van der Waals surface area contributed by atoms with Gasteiger partial charge in [0.1, 0.15) is 5.76 Å². The Morgan fingerprint density at radius 1 is 1.22 bits per heavy atom. The molecule has 0 aromatic carbocycles. The van der Waals surface area contributed by atoms with Gasteiger partial charge in [0.2, 0.25) is 5.91 Å². The summed E-state index contributed by atoms with van der Waals surface area (Å²) >= 11 is 0. The van der Waals surface area contributed by atoms with Gasteiger partial charge in [-0.1, -0.05) is 0 Å². The maximum absolute atomic E-state index is 12.7. The molecular weight excluding hydrogens is 344 g/mol. The lowest BCUT2D eigenvalue weighted by Gasteiger charge is -2.35. The molecule has 1 unspecified atom stereocenters. The number of nitrogens with zero attached hydrogens (tertiary/aromatic N) is 2. The van der Waals surface area contributed by atoms with Crippen molar-refractivity contribution in [2.24, 2.45) is 5.92 Å². The van der Waals surface area contributed by atoms with Crippen LogP contribution in [0, 0.1) is 5.92 Å². The summed E-state index contributed by atoms with van der Waals surface area (Å²) in [4.78, 5) is 14.6. The van der Waals surface area contributed by atoms with Crippen molar-refractivity contribution >= 4 is 5.91 Å². The summed E-state index contributed by atoms with van der Waals surface area (Å²) in [6, 6.07) is 8.10. The molecule has 0 spiro atoms. The lowest BCUT2D eigenvalue weighted by Crippen LogP contribution is -2.41. The second-order valence-electron chi connectivity index (χ2n) is 7.51. The number of hydrogen-bond acceptors (Lipinski definition) is 4. The molecule has 0 radical (unpaired) electrons. The number of hydrogen-bond donors (Lipinski definition) is 0. The molecule has 27 heavy (non-hydrogen) atoms. The van der Waals surface area contributed by atoms with E-state index in [4.69, 9.17) is 13.9 Å². The van der Waals surface area contributed by atoms with Gasteiger partial charge in [0.25, 0.3) is 0 Å². The zero-order valence-corrected chi connectivity index (χ0v) is 15.7. The molecule has 146 valence electrons. The van der Waals surface area contributed by atoms with E-state index in [-0.39, 0.29) is 11.9 Å². The standard InChI is InChI=1S/C21H28N2O4/c24-21(13-20-4-2-9-27-20)22-14-18-3-1-8-23(18)19(15-22)7-12-26-16-17-5-10-25-11-6-17/h1-4,8-9,17,19H,5-7,10-16H2. The fourth-order valence-electron chi connectivity index (χ4n) is 4.00. The van der Waals surface area contributed by atoms with E-state index in [1.165, 1.54) is 5.69 Å². The Balaban J connectivity index is 1.30. The van der Waals surface area contributed by atoms with E-state index in [0.717, 1.165) is 58.0 Å². The second kappa shape index (κ2) is 8.76. The van der Waals surface area contributed by atoms with Gasteiger partial charge in [-0.2, -0.15) is 0 Å². The summed E-state index contributed by atoms with van der Waals surface area (Å²) in [5, 5.41) is 0. The van der Waals surface area contributed by atoms with Gasteiger partial charge in [-0.25, -0.2) is 0 Å². The fraction of sp³-hybridized carbons (Fsp3) is 0.571. The molecule has 0 aliphatic carbocycles. The minimum absolute atomic E-state index is 0.116. The number of amides is 1. The molecule has 1 fully saturated rings. The second-order valence-corrected chi connectivity index (χ2v) is 7.51. The average Bonchev–Trinajstić information content (AvgIpc) is 3.37. The molecule has 0 N–H and O–H groups in total. The third-order valence-corrected chi connectivity index (χ3v) is 5.59. The molecule has 2 aromatic rings. The number of carbonyl (C=O) groups excluding carboxylic acids is 1. The van der Waals surface area contributed by atoms with Gasteiger partial charge in [0.05, 0.1) is 25.3 Å². The van der Waals surface area contributed by atoms with Gasteiger partial charge >= 0.3 is 0 Å². The van der Waals surface area contributed by atoms with E-state index < -0.39 is 0 Å². The van der Waals surface area contributed by atoms with Crippen LogP contribution in [0.15, 0.2) is 41.1 Å². The third kappa shape index (κ3) is 4.62. The predicted molar refractivity (Wildman–Crippen MR) is 100 cm³/mol. The first-order valence-corrected chi connectivity index (χ1v) is 9.91. The Kier molecular flexibility index (Phi) is 5.94. The van der Waals surface area contributed by atoms with Gasteiger partial charge in [0.15, 0.2) is 0 Å². The van der Waals surface area contributed by atoms with Crippen molar-refractivity contribution in [1.82, 2.24) is 9.47 Å². The average molecular weight is 372 g/mol. The maximum Gasteiger partial charge on any atom is 0.230 e. The molecule has 1 saturated heterocycles. The number of furan rings is 1. The van der Waals surface area contributed by atoms with Crippen molar-refractivity contribution < 1.29 is 18.7 Å². The van der Waals surface area contributed by atoms with Gasteiger partial charge in [0, 0.05) is 44.9 Å². The van der Waals surface area contributed by atoms with Crippen LogP contribution in [-0.2, 0) is 27.2 Å². The van der Waals surface area contributed by atoms with Crippen molar-refractivity contribution in [3.63, 3.8) is 0 Å². The number of rotatable bonds is 7. The number of fused-ring (bicyclic) bond motifs is 1. The Labute approximate surface area is 160 Å². The van der Waals surface area contributed by atoms with Gasteiger partial charge < -0.3 is 23.4 Å². The summed E-state index contributed by atoms with van der Waals surface area (Å²) < 4.78 is 19.0. The first kappa shape index (κ1) is 18.3. The van der Waals surface area contributed by atoms with Crippen LogP contribution < -0.4 is 0 Å². The fourth-order valence-corrected chi connectivity index (χ4v) is 4.00. The van der Waals surface area contributed by atoms with Crippen molar-refractivity contribution in [3.05, 3.63) is 48.2 Å². The van der Waals surface area contributed by atoms with Crippen LogP contribution in [0.2, 0.25) is 0 Å². The molecule has 2 aromatic heterocycles. The van der Waals surface area contributed by atoms with Crippen LogP contribution in [-0.4, -0.2) is 48.3 Å². The minimum Gasteiger partial charge on any atom is -0.469 e. The monoisotopic (exact) mass is 372 g/mol. The molecule has 1 atom stereocenters. The zero-order valence-electron chi connectivity index (χ0n) is 15.7. The highest BCUT2D eigenvalue weighted by atomic mass is 16.5. The summed E-state index contributed by atoms with van der Waals surface area (Å²) in [5.74, 6) is 1.46. The van der Waals surface area contributed by atoms with E-state index in [9.17, 15) is 4.79 Å². The highest BCUT2D eigenvalue weighted by Crippen LogP contribution is 2.25. The van der Waals surface area contributed by atoms with E-state index in [1.54, 1.807) is 6.26 Å². The Bertz CT molecular complexity index is 718. The summed E-state index contributed by atoms with van der Waals surface area (Å²) in [6.07, 6.45) is 7.16. The molecule has 4 heterocycles. The van der Waals surface area contributed by atoms with Gasteiger partial charge in [-0.3, -0.25) is 4.79 Å². The number of aromatic nitrogens is 1. The smallest absolute Gasteiger partial charge is 0.230 e. The SMILES string of the molecule is O=C(Cc1ccco1)N1Cc2cccn2C(CCOCC2CCOCC2)C1. The molecule has 4 rings (SSSR count). The molecule has 1 amide bonds. The van der Waals surface area contributed by atoms with Crippen LogP contribution in [0.25, 0.3) is 0 Å². The third-order valence-electron chi connectivity index (χ3n) is 5.59. The van der Waals surface area contributed by atoms with Crippen LogP contribution in [0.5, 0.6) is 0 Å². The predicted octanol–water partition coefficient (Wildman–Crippen LogP) is 3.04. The first-order chi connectivity index (χ1) is 13.3. The topological polar surface area (TPSA) is 56.8 Å². The van der Waals surface area contributed by atoms with Crippen LogP contribution in [0.3, 0.4) is 0 Å². The number of ether oxygens (including phenoxy) is 2. The van der Waals surface area contributed by atoms with Crippen LogP contribution in [0.1, 0.15) is 36.8 Å². The van der Waals surface area contributed by atoms with E-state index >= 15 is 0 Å². The Hall–Kier alpha value is -2.05. The van der Waals surface area contributed by atoms with Crippen LogP contribution >= 0.6 is 0 Å². The normalized spacial score (nSPS) is 20.6. The van der Waals surface area contributed by atoms with Gasteiger partial charge in [-0.15, -0.1) is 0 Å². The summed E-state index contributed by atoms with van der Waals surface area (Å²) in [5.41, 5.74) is 1.18. The molecule has 2 aliphatic rings. The first-order valence-electron chi connectivity index (χ1n) is 9.91. The zero-order chi connectivity index (χ0) is 18.5. The van der Waals surface area contributed by atoms with E-state index in [0.29, 0.717) is 18.9 Å². The molecule has 0 bridgehead atoms. The molecule has 2 aliphatic heterocycles. The van der Waals surface area contributed by atoms with E-state index in [2.05, 4.69) is 22.9 Å².